The van der Waals surface area contributed by atoms with E-state index in [1.807, 2.05) is 6.07 Å². The summed E-state index contributed by atoms with van der Waals surface area (Å²) >= 11 is 4.65. The Balaban J connectivity index is 2.14. The minimum absolute atomic E-state index is 1.00. The molecule has 126 valence electrons. The second-order valence-corrected chi connectivity index (χ2v) is 10.7. The molecule has 0 fully saturated rings. The van der Waals surface area contributed by atoms with E-state index in [-0.39, 0.29) is 0 Å². The molecule has 0 saturated heterocycles. The summed E-state index contributed by atoms with van der Waals surface area (Å²) in [6, 6.07) is 41.5. The van der Waals surface area contributed by atoms with Crippen LogP contribution in [0.4, 0.5) is 0 Å². The number of benzene rings is 4. The van der Waals surface area contributed by atoms with E-state index < -0.39 is 8.07 Å². The van der Waals surface area contributed by atoms with Gasteiger partial charge in [-0.25, -0.2) is 0 Å². The molecule has 0 bridgehead atoms. The molecule has 0 aliphatic heterocycles. The molecule has 0 aromatic heterocycles. The molecule has 4 rings (SSSR count). The van der Waals surface area contributed by atoms with Gasteiger partial charge in [0.2, 0.25) is 0 Å². The third-order valence-electron chi connectivity index (χ3n) is 4.90. The molecule has 0 saturated carbocycles. The van der Waals surface area contributed by atoms with Gasteiger partial charge in [0.05, 0.1) is 0 Å². The van der Waals surface area contributed by atoms with Gasteiger partial charge in [0.1, 0.15) is 0 Å². The van der Waals surface area contributed by atoms with Crippen molar-refractivity contribution in [2.75, 3.05) is 0 Å². The lowest BCUT2D eigenvalue weighted by atomic mass is 10.3. The van der Waals surface area contributed by atoms with Gasteiger partial charge in [0.15, 0.2) is 8.07 Å². The molecule has 0 spiro atoms. The molecule has 0 amide bonds. The third-order valence-corrected chi connectivity index (χ3v) is 9.95. The maximum atomic E-state index is 4.65. The molecule has 0 nitrogen and oxygen atoms in total. The molecular formula is C24H20SSi. The van der Waals surface area contributed by atoms with Crippen molar-refractivity contribution >= 4 is 41.4 Å². The van der Waals surface area contributed by atoms with Crippen molar-refractivity contribution in [3.63, 3.8) is 0 Å². The van der Waals surface area contributed by atoms with Crippen molar-refractivity contribution in [3.8, 4) is 0 Å². The van der Waals surface area contributed by atoms with E-state index in [1.165, 1.54) is 20.7 Å². The molecular weight excluding hydrogens is 348 g/mol. The summed E-state index contributed by atoms with van der Waals surface area (Å²) in [4.78, 5) is 1.00. The van der Waals surface area contributed by atoms with Crippen molar-refractivity contribution in [1.29, 1.82) is 0 Å². The Morgan fingerprint density at radius 2 is 0.808 bits per heavy atom. The van der Waals surface area contributed by atoms with E-state index in [0.717, 1.165) is 4.90 Å². The first-order chi connectivity index (χ1) is 12.8. The van der Waals surface area contributed by atoms with E-state index in [9.17, 15) is 0 Å². The maximum Gasteiger partial charge on any atom is 0.179 e. The van der Waals surface area contributed by atoms with Gasteiger partial charge in [-0.1, -0.05) is 103 Å². The quantitative estimate of drug-likeness (QED) is 0.319. The summed E-state index contributed by atoms with van der Waals surface area (Å²) in [7, 11) is -2.38. The third kappa shape index (κ3) is 2.92. The topological polar surface area (TPSA) is 0 Å². The van der Waals surface area contributed by atoms with Crippen LogP contribution in [0.25, 0.3) is 0 Å². The Bertz CT molecular complexity index is 885. The molecule has 0 N–H and O–H groups in total. The first kappa shape index (κ1) is 16.9. The second kappa shape index (κ2) is 7.36. The van der Waals surface area contributed by atoms with Crippen LogP contribution >= 0.6 is 12.6 Å². The van der Waals surface area contributed by atoms with Crippen LogP contribution in [0.5, 0.6) is 0 Å². The predicted octanol–water partition coefficient (Wildman–Crippen LogP) is 3.35. The van der Waals surface area contributed by atoms with E-state index in [2.05, 4.69) is 122 Å². The summed E-state index contributed by atoms with van der Waals surface area (Å²) in [5.74, 6) is 0. The summed E-state index contributed by atoms with van der Waals surface area (Å²) < 4.78 is 0. The maximum absolute atomic E-state index is 4.65. The molecule has 0 aliphatic carbocycles. The minimum Gasteiger partial charge on any atom is -0.143 e. The van der Waals surface area contributed by atoms with Crippen LogP contribution in [-0.2, 0) is 0 Å². The fourth-order valence-corrected chi connectivity index (χ4v) is 8.95. The summed E-state index contributed by atoms with van der Waals surface area (Å²) in [5, 5.41) is 5.51. The van der Waals surface area contributed by atoms with Gasteiger partial charge in [0.25, 0.3) is 0 Å². The van der Waals surface area contributed by atoms with Gasteiger partial charge in [0, 0.05) is 4.90 Å². The molecule has 4 aromatic carbocycles. The average molecular weight is 369 g/mol. The molecule has 2 heteroatoms. The highest BCUT2D eigenvalue weighted by molar-refractivity contribution is 7.80. The summed E-state index contributed by atoms with van der Waals surface area (Å²) in [6.07, 6.45) is 0. The van der Waals surface area contributed by atoms with Gasteiger partial charge in [-0.05, 0) is 32.9 Å². The molecule has 0 aliphatic rings. The SMILES string of the molecule is Sc1cccc([Si](c2ccccc2)(c2ccccc2)c2ccccc2)c1. The summed E-state index contributed by atoms with van der Waals surface area (Å²) in [6.45, 7) is 0. The van der Waals surface area contributed by atoms with Crippen molar-refractivity contribution in [2.24, 2.45) is 0 Å². The van der Waals surface area contributed by atoms with Crippen molar-refractivity contribution < 1.29 is 0 Å². The lowest BCUT2D eigenvalue weighted by molar-refractivity contribution is 1.50. The highest BCUT2D eigenvalue weighted by Crippen LogP contribution is 2.11. The van der Waals surface area contributed by atoms with Gasteiger partial charge in [-0.2, -0.15) is 0 Å². The number of rotatable bonds is 4. The standard InChI is InChI=1S/C24H20SSi/c25-20-11-10-18-24(19-20)26(21-12-4-1-5-13-21,22-14-6-2-7-15-22)23-16-8-3-9-17-23/h1-19,25H. The van der Waals surface area contributed by atoms with Gasteiger partial charge in [-0.3, -0.25) is 0 Å². The van der Waals surface area contributed by atoms with Gasteiger partial charge in [-0.15, -0.1) is 12.6 Å². The lowest BCUT2D eigenvalue weighted by Gasteiger charge is -2.34. The van der Waals surface area contributed by atoms with Crippen LogP contribution in [0.3, 0.4) is 0 Å². The first-order valence-corrected chi connectivity index (χ1v) is 11.2. The number of hydrogen-bond acceptors (Lipinski definition) is 1. The molecule has 4 aromatic rings. The molecule has 0 unspecified atom stereocenters. The predicted molar refractivity (Wildman–Crippen MR) is 117 cm³/mol. The van der Waals surface area contributed by atoms with Crippen LogP contribution in [0.2, 0.25) is 0 Å². The fourth-order valence-electron chi connectivity index (χ4n) is 3.80. The van der Waals surface area contributed by atoms with Crippen LogP contribution in [0, 0.1) is 0 Å². The van der Waals surface area contributed by atoms with Crippen LogP contribution in [-0.4, -0.2) is 8.07 Å². The van der Waals surface area contributed by atoms with E-state index >= 15 is 0 Å². The Morgan fingerprint density at radius 1 is 0.423 bits per heavy atom. The average Bonchev–Trinajstić information content (AvgIpc) is 2.71. The minimum atomic E-state index is -2.38. The Kier molecular flexibility index (Phi) is 4.78. The smallest absolute Gasteiger partial charge is 0.143 e. The van der Waals surface area contributed by atoms with Gasteiger partial charge < -0.3 is 0 Å². The molecule has 0 atom stereocenters. The lowest BCUT2D eigenvalue weighted by Crippen LogP contribution is -2.74. The van der Waals surface area contributed by atoms with E-state index in [4.69, 9.17) is 0 Å². The van der Waals surface area contributed by atoms with E-state index in [1.54, 1.807) is 0 Å². The zero-order valence-corrected chi connectivity index (χ0v) is 16.3. The Labute approximate surface area is 161 Å². The first-order valence-electron chi connectivity index (χ1n) is 8.78. The zero-order valence-electron chi connectivity index (χ0n) is 14.4. The van der Waals surface area contributed by atoms with Crippen molar-refractivity contribution in [1.82, 2.24) is 0 Å². The zero-order chi connectivity index (χ0) is 17.8. The summed E-state index contributed by atoms with van der Waals surface area (Å²) in [5.41, 5.74) is 0. The molecule has 26 heavy (non-hydrogen) atoms. The molecule has 0 radical (unpaired) electrons. The Hall–Kier alpha value is -2.55. The normalized spacial score (nSPS) is 11.3. The van der Waals surface area contributed by atoms with Crippen LogP contribution < -0.4 is 20.7 Å². The highest BCUT2D eigenvalue weighted by atomic mass is 32.1. The van der Waals surface area contributed by atoms with Crippen molar-refractivity contribution in [2.45, 2.75) is 4.90 Å². The van der Waals surface area contributed by atoms with Gasteiger partial charge >= 0.3 is 0 Å². The number of hydrogen-bond donors (Lipinski definition) is 1. The van der Waals surface area contributed by atoms with E-state index in [0.29, 0.717) is 0 Å². The highest BCUT2D eigenvalue weighted by Gasteiger charge is 2.41. The largest absolute Gasteiger partial charge is 0.179 e. The monoisotopic (exact) mass is 368 g/mol. The van der Waals surface area contributed by atoms with Crippen LogP contribution in [0.15, 0.2) is 120 Å². The number of thiol groups is 1. The fraction of sp³-hybridized carbons (Fsp3) is 0. The Morgan fingerprint density at radius 3 is 1.19 bits per heavy atom. The molecule has 0 heterocycles. The van der Waals surface area contributed by atoms with Crippen molar-refractivity contribution in [3.05, 3.63) is 115 Å². The van der Waals surface area contributed by atoms with Crippen LogP contribution in [0.1, 0.15) is 0 Å². The second-order valence-electron chi connectivity index (χ2n) is 6.40.